The third kappa shape index (κ3) is 14.8. The van der Waals surface area contributed by atoms with E-state index in [1.165, 1.54) is 25.7 Å². The van der Waals surface area contributed by atoms with Crippen LogP contribution in [0.5, 0.6) is 0 Å². The highest BCUT2D eigenvalue weighted by Gasteiger charge is 2.22. The van der Waals surface area contributed by atoms with E-state index in [9.17, 15) is 14.7 Å². The van der Waals surface area contributed by atoms with Crippen LogP contribution in [-0.2, 0) is 23.7 Å². The summed E-state index contributed by atoms with van der Waals surface area (Å²) >= 11 is 0. The molecule has 1 heterocycles. The lowest BCUT2D eigenvalue weighted by Gasteiger charge is -2.32. The van der Waals surface area contributed by atoms with Crippen LogP contribution in [0.3, 0.4) is 0 Å². The summed E-state index contributed by atoms with van der Waals surface area (Å²) in [5, 5.41) is 12.4. The lowest BCUT2D eigenvalue weighted by molar-refractivity contribution is -0.154. The average molecular weight is 489 g/mol. The SMILES string of the molecule is CCCCCCCCOC(CCC(=O)OCC(CO)COC(=O)NC1CCCN(CC)C1)OC. The lowest BCUT2D eigenvalue weighted by atomic mass is 10.1. The van der Waals surface area contributed by atoms with Crippen molar-refractivity contribution in [3.63, 3.8) is 0 Å². The molecule has 2 N–H and O–H groups in total. The standard InChI is InChI=1S/C25H48N2O7/c1-4-6-7-8-9-10-16-32-24(31-3)14-13-23(29)33-19-21(18-28)20-34-25(30)26-22-12-11-15-27(5-2)17-22/h21-22,24,28H,4-20H2,1-3H3,(H,26,30). The van der Waals surface area contributed by atoms with Crippen LogP contribution in [0.4, 0.5) is 4.79 Å². The second kappa shape index (κ2) is 19.8. The molecule has 9 heteroatoms. The van der Waals surface area contributed by atoms with E-state index in [-0.39, 0.29) is 32.3 Å². The number of likely N-dealkylation sites (tertiary alicyclic amines) is 1. The zero-order valence-corrected chi connectivity index (χ0v) is 21.6. The monoisotopic (exact) mass is 488 g/mol. The number of nitrogens with zero attached hydrogens (tertiary/aromatic N) is 1. The number of amides is 1. The molecule has 0 aromatic rings. The van der Waals surface area contributed by atoms with Crippen molar-refractivity contribution >= 4 is 12.1 Å². The Hall–Kier alpha value is -1.42. The third-order valence-corrected chi connectivity index (χ3v) is 6.11. The smallest absolute Gasteiger partial charge is 0.407 e. The molecule has 9 nitrogen and oxygen atoms in total. The molecule has 1 fully saturated rings. The topological polar surface area (TPSA) is 107 Å². The Balaban J connectivity index is 2.15. The van der Waals surface area contributed by atoms with Crippen LogP contribution < -0.4 is 5.32 Å². The van der Waals surface area contributed by atoms with Gasteiger partial charge in [-0.15, -0.1) is 0 Å². The maximum atomic E-state index is 12.1. The minimum Gasteiger partial charge on any atom is -0.465 e. The fourth-order valence-electron chi connectivity index (χ4n) is 3.90. The minimum absolute atomic E-state index is 0.00802. The van der Waals surface area contributed by atoms with E-state index in [0.717, 1.165) is 45.3 Å². The largest absolute Gasteiger partial charge is 0.465 e. The molecule has 0 aromatic heterocycles. The first-order chi connectivity index (χ1) is 16.5. The van der Waals surface area contributed by atoms with Crippen molar-refractivity contribution in [3.8, 4) is 0 Å². The Labute approximate surface area is 205 Å². The summed E-state index contributed by atoms with van der Waals surface area (Å²) in [6.45, 7) is 7.49. The van der Waals surface area contributed by atoms with Gasteiger partial charge in [-0.3, -0.25) is 4.79 Å². The van der Waals surface area contributed by atoms with Crippen molar-refractivity contribution in [2.24, 2.45) is 5.92 Å². The molecule has 1 amide bonds. The number of esters is 1. The number of carbonyl (C=O) groups is 2. The highest BCUT2D eigenvalue weighted by atomic mass is 16.7. The van der Waals surface area contributed by atoms with E-state index in [1.807, 2.05) is 0 Å². The van der Waals surface area contributed by atoms with Gasteiger partial charge in [-0.25, -0.2) is 4.79 Å². The van der Waals surface area contributed by atoms with Crippen LogP contribution in [0.15, 0.2) is 0 Å². The van der Waals surface area contributed by atoms with Gasteiger partial charge in [0.1, 0.15) is 6.61 Å². The zero-order valence-electron chi connectivity index (χ0n) is 21.6. The number of methoxy groups -OCH3 is 1. The number of hydrogen-bond donors (Lipinski definition) is 2. The molecule has 200 valence electrons. The first-order valence-electron chi connectivity index (χ1n) is 13.1. The number of hydrogen-bond acceptors (Lipinski definition) is 8. The van der Waals surface area contributed by atoms with Gasteiger partial charge in [0.25, 0.3) is 0 Å². The Morgan fingerprint density at radius 2 is 1.82 bits per heavy atom. The number of unbranched alkanes of at least 4 members (excludes halogenated alkanes) is 5. The number of carbonyl (C=O) groups excluding carboxylic acids is 2. The predicted octanol–water partition coefficient (Wildman–Crippen LogP) is 3.48. The molecular weight excluding hydrogens is 440 g/mol. The minimum atomic E-state index is -0.502. The van der Waals surface area contributed by atoms with Crippen molar-refractivity contribution in [1.82, 2.24) is 10.2 Å². The van der Waals surface area contributed by atoms with Crippen molar-refractivity contribution in [2.45, 2.75) is 90.4 Å². The number of aliphatic hydroxyl groups excluding tert-OH is 1. The summed E-state index contributed by atoms with van der Waals surface area (Å²) in [5.41, 5.74) is 0. The maximum Gasteiger partial charge on any atom is 0.407 e. The molecular formula is C25H48N2O7. The van der Waals surface area contributed by atoms with E-state index in [2.05, 4.69) is 24.1 Å². The number of rotatable bonds is 19. The van der Waals surface area contributed by atoms with Gasteiger partial charge in [-0.2, -0.15) is 0 Å². The predicted molar refractivity (Wildman–Crippen MR) is 131 cm³/mol. The molecule has 1 saturated heterocycles. The average Bonchev–Trinajstić information content (AvgIpc) is 2.85. The Morgan fingerprint density at radius 1 is 1.09 bits per heavy atom. The summed E-state index contributed by atoms with van der Waals surface area (Å²) in [7, 11) is 1.56. The van der Waals surface area contributed by atoms with E-state index < -0.39 is 24.3 Å². The van der Waals surface area contributed by atoms with Crippen LogP contribution >= 0.6 is 0 Å². The first-order valence-corrected chi connectivity index (χ1v) is 13.1. The van der Waals surface area contributed by atoms with Gasteiger partial charge in [0.15, 0.2) is 6.29 Å². The van der Waals surface area contributed by atoms with Gasteiger partial charge >= 0.3 is 12.1 Å². The summed E-state index contributed by atoms with van der Waals surface area (Å²) in [6, 6.07) is 0.0728. The third-order valence-electron chi connectivity index (χ3n) is 6.11. The van der Waals surface area contributed by atoms with Crippen LogP contribution in [0.2, 0.25) is 0 Å². The van der Waals surface area contributed by atoms with Gasteiger partial charge in [-0.1, -0.05) is 46.0 Å². The number of aliphatic hydroxyl groups is 1. The number of ether oxygens (including phenoxy) is 4. The van der Waals surface area contributed by atoms with Crippen LogP contribution in [0.1, 0.15) is 78.1 Å². The quantitative estimate of drug-likeness (QED) is 0.162. The van der Waals surface area contributed by atoms with E-state index in [4.69, 9.17) is 18.9 Å². The van der Waals surface area contributed by atoms with Crippen molar-refractivity contribution in [2.75, 3.05) is 53.2 Å². The van der Waals surface area contributed by atoms with Gasteiger partial charge in [0.2, 0.25) is 0 Å². The van der Waals surface area contributed by atoms with Gasteiger partial charge in [0.05, 0.1) is 25.6 Å². The molecule has 0 aromatic carbocycles. The summed E-state index contributed by atoms with van der Waals surface area (Å²) < 4.78 is 21.5. The van der Waals surface area contributed by atoms with Crippen LogP contribution in [-0.4, -0.2) is 87.6 Å². The number of likely N-dealkylation sites (N-methyl/N-ethyl adjacent to an activating group) is 1. The van der Waals surface area contributed by atoms with E-state index in [1.54, 1.807) is 7.11 Å². The molecule has 1 aliphatic heterocycles. The van der Waals surface area contributed by atoms with Crippen molar-refractivity contribution in [1.29, 1.82) is 0 Å². The van der Waals surface area contributed by atoms with Crippen molar-refractivity contribution in [3.05, 3.63) is 0 Å². The molecule has 0 saturated carbocycles. The lowest BCUT2D eigenvalue weighted by Crippen LogP contribution is -2.48. The fraction of sp³-hybridized carbons (Fsp3) is 0.920. The molecule has 0 radical (unpaired) electrons. The molecule has 3 atom stereocenters. The number of piperidine rings is 1. The number of alkyl carbamates (subject to hydrolysis) is 1. The summed E-state index contributed by atoms with van der Waals surface area (Å²) in [5.74, 6) is -0.856. The Bertz CT molecular complexity index is 535. The zero-order chi connectivity index (χ0) is 25.0. The summed E-state index contributed by atoms with van der Waals surface area (Å²) in [4.78, 5) is 26.5. The fourth-order valence-corrected chi connectivity index (χ4v) is 3.90. The second-order valence-electron chi connectivity index (χ2n) is 9.05. The Morgan fingerprint density at radius 3 is 2.53 bits per heavy atom. The highest BCUT2D eigenvalue weighted by Crippen LogP contribution is 2.11. The molecule has 0 spiro atoms. The van der Waals surface area contributed by atoms with E-state index in [0.29, 0.717) is 13.0 Å². The van der Waals surface area contributed by atoms with E-state index >= 15 is 0 Å². The number of nitrogens with one attached hydrogen (secondary N) is 1. The molecule has 1 rings (SSSR count). The molecule has 34 heavy (non-hydrogen) atoms. The van der Waals surface area contributed by atoms with Crippen molar-refractivity contribution < 1.29 is 33.6 Å². The van der Waals surface area contributed by atoms with Crippen LogP contribution in [0.25, 0.3) is 0 Å². The molecule has 3 unspecified atom stereocenters. The van der Waals surface area contributed by atoms with Gasteiger partial charge in [-0.05, 0) is 32.4 Å². The van der Waals surface area contributed by atoms with Gasteiger partial charge in [0, 0.05) is 32.7 Å². The Kier molecular flexibility index (Phi) is 17.9. The van der Waals surface area contributed by atoms with Gasteiger partial charge < -0.3 is 34.3 Å². The highest BCUT2D eigenvalue weighted by molar-refractivity contribution is 5.69. The molecule has 1 aliphatic rings. The first kappa shape index (κ1) is 30.6. The maximum absolute atomic E-state index is 12.1. The summed E-state index contributed by atoms with van der Waals surface area (Å²) in [6.07, 6.45) is 8.71. The second-order valence-corrected chi connectivity index (χ2v) is 9.05. The molecule has 0 bridgehead atoms. The normalized spacial score (nSPS) is 18.3. The van der Waals surface area contributed by atoms with Crippen LogP contribution in [0, 0.1) is 5.92 Å². The molecule has 0 aliphatic carbocycles.